The summed E-state index contributed by atoms with van der Waals surface area (Å²) < 4.78 is 8.33. The highest BCUT2D eigenvalue weighted by Gasteiger charge is 2.38. The predicted molar refractivity (Wildman–Crippen MR) is 126 cm³/mol. The minimum Gasteiger partial charge on any atom is -0.390 e. The lowest BCUT2D eigenvalue weighted by molar-refractivity contribution is -0.182. The molecular formula is C26H23N3O4. The third-order valence-corrected chi connectivity index (χ3v) is 7.34. The molecule has 0 unspecified atom stereocenters. The first-order chi connectivity index (χ1) is 16.0. The molecule has 4 atom stereocenters. The van der Waals surface area contributed by atoms with E-state index in [1.54, 1.807) is 6.92 Å². The monoisotopic (exact) mass is 441 g/mol. The Kier molecular flexibility index (Phi) is 3.81. The van der Waals surface area contributed by atoms with Crippen LogP contribution in [-0.2, 0) is 11.3 Å². The maximum atomic E-state index is 13.1. The third kappa shape index (κ3) is 2.41. The largest absolute Gasteiger partial charge is 0.390 e. The van der Waals surface area contributed by atoms with Crippen LogP contribution in [-0.4, -0.2) is 44.0 Å². The minimum atomic E-state index is -0.933. The van der Waals surface area contributed by atoms with Crippen LogP contribution in [0.1, 0.15) is 35.5 Å². The van der Waals surface area contributed by atoms with Crippen LogP contribution in [0.5, 0.6) is 0 Å². The second-order valence-electron chi connectivity index (χ2n) is 9.16. The summed E-state index contributed by atoms with van der Waals surface area (Å²) in [7, 11) is 0. The van der Waals surface area contributed by atoms with Gasteiger partial charge in [0.15, 0.2) is 0 Å². The molecule has 1 saturated heterocycles. The van der Waals surface area contributed by atoms with Crippen molar-refractivity contribution in [2.75, 3.05) is 0 Å². The number of nitrogens with zero attached hydrogens (tertiary/aromatic N) is 1. The van der Waals surface area contributed by atoms with Crippen LogP contribution in [0.15, 0.2) is 48.5 Å². The predicted octanol–water partition coefficient (Wildman–Crippen LogP) is 3.70. The van der Waals surface area contributed by atoms with Gasteiger partial charge in [-0.15, -0.1) is 0 Å². The zero-order chi connectivity index (χ0) is 22.4. The van der Waals surface area contributed by atoms with Crippen molar-refractivity contribution >= 4 is 49.5 Å². The molecule has 2 aliphatic heterocycles. The summed E-state index contributed by atoms with van der Waals surface area (Å²) in [5.41, 5.74) is 5.50. The fourth-order valence-corrected chi connectivity index (χ4v) is 5.86. The van der Waals surface area contributed by atoms with E-state index in [1.807, 2.05) is 42.5 Å². The van der Waals surface area contributed by atoms with E-state index in [-0.39, 0.29) is 12.3 Å². The van der Waals surface area contributed by atoms with E-state index in [9.17, 15) is 15.0 Å². The molecule has 1 amide bonds. The van der Waals surface area contributed by atoms with Crippen LogP contribution in [0.2, 0.25) is 0 Å². The average Bonchev–Trinajstić information content (AvgIpc) is 3.48. The molecule has 0 radical (unpaired) electrons. The molecule has 1 fully saturated rings. The van der Waals surface area contributed by atoms with Crippen molar-refractivity contribution in [3.8, 4) is 0 Å². The SMILES string of the molecule is C[C@H]1O[C@@H](n2c3ccccc3c3c4c(c5c6ccccc6[nH]c5c32)CNC4=O)C[C@@H](O)[C@@H]1O. The summed E-state index contributed by atoms with van der Waals surface area (Å²) >= 11 is 0. The number of carbonyl (C=O) groups excluding carboxylic acids is 1. The van der Waals surface area contributed by atoms with Crippen molar-refractivity contribution in [1.29, 1.82) is 0 Å². The molecule has 0 spiro atoms. The summed E-state index contributed by atoms with van der Waals surface area (Å²) in [4.78, 5) is 16.7. The van der Waals surface area contributed by atoms with E-state index in [1.165, 1.54) is 0 Å². The zero-order valence-electron chi connectivity index (χ0n) is 18.0. The number of ether oxygens (including phenoxy) is 1. The van der Waals surface area contributed by atoms with Gasteiger partial charge in [-0.05, 0) is 24.6 Å². The van der Waals surface area contributed by atoms with Crippen molar-refractivity contribution in [3.63, 3.8) is 0 Å². The molecule has 4 heterocycles. The van der Waals surface area contributed by atoms with Gasteiger partial charge in [-0.2, -0.15) is 0 Å². The normalized spacial score (nSPS) is 25.4. The summed E-state index contributed by atoms with van der Waals surface area (Å²) in [5, 5.41) is 27.9. The fourth-order valence-electron chi connectivity index (χ4n) is 5.86. The Hall–Kier alpha value is -3.39. The molecule has 0 saturated carbocycles. The molecule has 7 heteroatoms. The van der Waals surface area contributed by atoms with Crippen LogP contribution in [0, 0.1) is 0 Å². The number of aliphatic hydroxyl groups excluding tert-OH is 2. The van der Waals surface area contributed by atoms with Gasteiger partial charge in [-0.1, -0.05) is 36.4 Å². The van der Waals surface area contributed by atoms with Crippen LogP contribution < -0.4 is 5.32 Å². The average molecular weight is 441 g/mol. The van der Waals surface area contributed by atoms with Gasteiger partial charge in [0, 0.05) is 40.0 Å². The third-order valence-electron chi connectivity index (χ3n) is 7.34. The number of aromatic amines is 1. The molecule has 2 aromatic heterocycles. The molecule has 0 bridgehead atoms. The lowest BCUT2D eigenvalue weighted by Crippen LogP contribution is -2.45. The number of benzene rings is 3. The molecule has 0 aliphatic carbocycles. The standard InChI is InChI=1S/C26H23N3O4/c1-12-25(31)18(30)10-19(33-12)29-17-9-5-3-7-14(17)21-22-15(11-27-26(22)32)20-13-6-2-4-8-16(13)28-23(20)24(21)29/h2-9,12,18-19,25,28,30-31H,10-11H2,1H3,(H,27,32)/t12-,18-,19-,25-/m1/s1. The van der Waals surface area contributed by atoms with Crippen LogP contribution in [0.4, 0.5) is 0 Å². The first kappa shape index (κ1) is 19.1. The number of para-hydroxylation sites is 2. The van der Waals surface area contributed by atoms with Gasteiger partial charge in [0.25, 0.3) is 5.91 Å². The maximum Gasteiger partial charge on any atom is 0.252 e. The maximum absolute atomic E-state index is 13.1. The van der Waals surface area contributed by atoms with Gasteiger partial charge in [-0.3, -0.25) is 4.79 Å². The van der Waals surface area contributed by atoms with E-state index in [4.69, 9.17) is 4.74 Å². The Morgan fingerprint density at radius 3 is 2.61 bits per heavy atom. The van der Waals surface area contributed by atoms with E-state index in [2.05, 4.69) is 20.9 Å². The van der Waals surface area contributed by atoms with E-state index < -0.39 is 24.5 Å². The van der Waals surface area contributed by atoms with Crippen molar-refractivity contribution in [3.05, 3.63) is 59.7 Å². The van der Waals surface area contributed by atoms with Crippen molar-refractivity contribution in [1.82, 2.24) is 14.9 Å². The Morgan fingerprint density at radius 2 is 1.79 bits per heavy atom. The Bertz CT molecular complexity index is 1600. The number of aliphatic hydroxyl groups is 2. The summed E-state index contributed by atoms with van der Waals surface area (Å²) in [5.74, 6) is -0.0709. The Balaban J connectivity index is 1.69. The number of amides is 1. The quantitative estimate of drug-likeness (QED) is 0.319. The number of fused-ring (bicyclic) bond motifs is 10. The highest BCUT2D eigenvalue weighted by molar-refractivity contribution is 6.30. The molecular weight excluding hydrogens is 418 g/mol. The number of aromatic nitrogens is 2. The van der Waals surface area contributed by atoms with Gasteiger partial charge in [0.05, 0.1) is 34.3 Å². The number of nitrogens with one attached hydrogen (secondary N) is 2. The number of H-pyrrole nitrogens is 1. The summed E-state index contributed by atoms with van der Waals surface area (Å²) in [6.07, 6.45) is -2.59. The molecule has 166 valence electrons. The summed E-state index contributed by atoms with van der Waals surface area (Å²) in [6.45, 7) is 2.27. The van der Waals surface area contributed by atoms with Gasteiger partial charge in [-0.25, -0.2) is 0 Å². The highest BCUT2D eigenvalue weighted by Crippen LogP contribution is 2.45. The Labute approximate surface area is 188 Å². The lowest BCUT2D eigenvalue weighted by atomic mass is 9.97. The number of hydrogen-bond donors (Lipinski definition) is 4. The topological polar surface area (TPSA) is 99.5 Å². The first-order valence-corrected chi connectivity index (χ1v) is 11.3. The first-order valence-electron chi connectivity index (χ1n) is 11.3. The fraction of sp³-hybridized carbons (Fsp3) is 0.269. The molecule has 4 N–H and O–H groups in total. The van der Waals surface area contributed by atoms with Crippen LogP contribution >= 0.6 is 0 Å². The van der Waals surface area contributed by atoms with Gasteiger partial charge in [0.2, 0.25) is 0 Å². The van der Waals surface area contributed by atoms with E-state index in [0.717, 1.165) is 49.2 Å². The molecule has 7 rings (SSSR count). The van der Waals surface area contributed by atoms with Crippen molar-refractivity contribution in [2.24, 2.45) is 0 Å². The van der Waals surface area contributed by atoms with Crippen LogP contribution in [0.25, 0.3) is 43.6 Å². The summed E-state index contributed by atoms with van der Waals surface area (Å²) in [6, 6.07) is 16.1. The Morgan fingerprint density at radius 1 is 1.03 bits per heavy atom. The highest BCUT2D eigenvalue weighted by atomic mass is 16.5. The van der Waals surface area contributed by atoms with Gasteiger partial charge in [0.1, 0.15) is 12.3 Å². The lowest BCUT2D eigenvalue weighted by Gasteiger charge is -2.36. The number of carbonyl (C=O) groups is 1. The molecule has 33 heavy (non-hydrogen) atoms. The molecule has 3 aromatic carbocycles. The zero-order valence-corrected chi connectivity index (χ0v) is 18.0. The molecule has 5 aromatic rings. The second-order valence-corrected chi connectivity index (χ2v) is 9.16. The number of hydrogen-bond acceptors (Lipinski definition) is 4. The smallest absolute Gasteiger partial charge is 0.252 e. The van der Waals surface area contributed by atoms with Crippen LogP contribution in [0.3, 0.4) is 0 Å². The second kappa shape index (κ2) is 6.57. The number of rotatable bonds is 1. The minimum absolute atomic E-state index is 0.0709. The van der Waals surface area contributed by atoms with Gasteiger partial charge < -0.3 is 29.8 Å². The molecule has 7 nitrogen and oxygen atoms in total. The van der Waals surface area contributed by atoms with Gasteiger partial charge >= 0.3 is 0 Å². The van der Waals surface area contributed by atoms with E-state index in [0.29, 0.717) is 12.1 Å². The van der Waals surface area contributed by atoms with E-state index >= 15 is 0 Å². The van der Waals surface area contributed by atoms with Crippen molar-refractivity contribution < 1.29 is 19.7 Å². The molecule has 2 aliphatic rings. The van der Waals surface area contributed by atoms with Crippen molar-refractivity contribution in [2.45, 2.75) is 44.4 Å².